The molecular formula is C15H14F3N3OS. The molecule has 0 aliphatic carbocycles. The van der Waals surface area contributed by atoms with Crippen molar-refractivity contribution in [2.24, 2.45) is 0 Å². The third-order valence-electron chi connectivity index (χ3n) is 3.13. The molecule has 1 aromatic carbocycles. The van der Waals surface area contributed by atoms with Crippen LogP contribution in [0.4, 0.5) is 18.9 Å². The molecule has 2 rings (SSSR count). The van der Waals surface area contributed by atoms with Crippen LogP contribution in [0.25, 0.3) is 0 Å². The number of thioether (sulfide) groups is 1. The summed E-state index contributed by atoms with van der Waals surface area (Å²) in [7, 11) is 0. The predicted octanol–water partition coefficient (Wildman–Crippen LogP) is 3.84. The van der Waals surface area contributed by atoms with E-state index in [0.717, 1.165) is 35.2 Å². The molecule has 4 nitrogen and oxygen atoms in total. The molecule has 0 aliphatic rings. The van der Waals surface area contributed by atoms with E-state index in [2.05, 4.69) is 15.3 Å². The van der Waals surface area contributed by atoms with Gasteiger partial charge in [-0.15, -0.1) is 0 Å². The summed E-state index contributed by atoms with van der Waals surface area (Å²) in [6.45, 7) is 3.81. The number of carbonyl (C=O) groups excluding carboxylic acids is 1. The molecule has 1 amide bonds. The minimum atomic E-state index is -4.53. The van der Waals surface area contributed by atoms with E-state index in [1.807, 2.05) is 26.0 Å². The van der Waals surface area contributed by atoms with Gasteiger partial charge in [-0.25, -0.2) is 9.97 Å². The van der Waals surface area contributed by atoms with Crippen molar-refractivity contribution in [3.8, 4) is 0 Å². The van der Waals surface area contributed by atoms with Gasteiger partial charge in [-0.1, -0.05) is 23.9 Å². The van der Waals surface area contributed by atoms with Crippen LogP contribution in [-0.4, -0.2) is 21.6 Å². The Bertz CT molecular complexity index is 719. The quantitative estimate of drug-likeness (QED) is 0.678. The summed E-state index contributed by atoms with van der Waals surface area (Å²) in [5, 5.41) is 2.64. The highest BCUT2D eigenvalue weighted by Crippen LogP contribution is 2.28. The van der Waals surface area contributed by atoms with E-state index in [4.69, 9.17) is 0 Å². The summed E-state index contributed by atoms with van der Waals surface area (Å²) < 4.78 is 37.7. The third kappa shape index (κ3) is 4.69. The van der Waals surface area contributed by atoms with Gasteiger partial charge < -0.3 is 5.32 Å². The van der Waals surface area contributed by atoms with Crippen molar-refractivity contribution in [2.45, 2.75) is 25.2 Å². The highest BCUT2D eigenvalue weighted by Gasteiger charge is 2.32. The van der Waals surface area contributed by atoms with Gasteiger partial charge in [0.1, 0.15) is 5.69 Å². The SMILES string of the molecule is Cc1cccc(NC(=O)CSc2nccc(C(F)(F)F)n2)c1C. The third-order valence-corrected chi connectivity index (χ3v) is 4.00. The van der Waals surface area contributed by atoms with Crippen molar-refractivity contribution in [3.05, 3.63) is 47.3 Å². The van der Waals surface area contributed by atoms with Crippen LogP contribution in [0.3, 0.4) is 0 Å². The van der Waals surface area contributed by atoms with Gasteiger partial charge in [0.05, 0.1) is 5.75 Å². The van der Waals surface area contributed by atoms with Crippen LogP contribution in [0.5, 0.6) is 0 Å². The van der Waals surface area contributed by atoms with Crippen LogP contribution in [0.15, 0.2) is 35.6 Å². The lowest BCUT2D eigenvalue weighted by molar-refractivity contribution is -0.141. The number of benzene rings is 1. The number of anilines is 1. The Morgan fingerprint density at radius 3 is 2.70 bits per heavy atom. The van der Waals surface area contributed by atoms with Gasteiger partial charge >= 0.3 is 6.18 Å². The molecule has 1 N–H and O–H groups in total. The van der Waals surface area contributed by atoms with Crippen molar-refractivity contribution >= 4 is 23.4 Å². The van der Waals surface area contributed by atoms with Gasteiger partial charge in [-0.05, 0) is 37.1 Å². The van der Waals surface area contributed by atoms with E-state index in [1.54, 1.807) is 6.07 Å². The standard InChI is InChI=1S/C15H14F3N3OS/c1-9-4-3-5-11(10(9)2)20-13(22)8-23-14-19-7-6-12(21-14)15(16,17)18/h3-7H,8H2,1-2H3,(H,20,22). The Kier molecular flexibility index (Phi) is 5.25. The van der Waals surface area contributed by atoms with E-state index in [-0.39, 0.29) is 16.8 Å². The number of aromatic nitrogens is 2. The van der Waals surface area contributed by atoms with Crippen LogP contribution in [0.2, 0.25) is 0 Å². The Morgan fingerprint density at radius 2 is 2.00 bits per heavy atom. The highest BCUT2D eigenvalue weighted by atomic mass is 32.2. The summed E-state index contributed by atoms with van der Waals surface area (Å²) in [4.78, 5) is 19.1. The monoisotopic (exact) mass is 341 g/mol. The first-order valence-electron chi connectivity index (χ1n) is 6.66. The number of rotatable bonds is 4. The number of carbonyl (C=O) groups is 1. The second kappa shape index (κ2) is 6.99. The molecule has 0 atom stereocenters. The van der Waals surface area contributed by atoms with Crippen molar-refractivity contribution in [1.29, 1.82) is 0 Å². The topological polar surface area (TPSA) is 54.9 Å². The van der Waals surface area contributed by atoms with E-state index < -0.39 is 11.9 Å². The number of hydrogen-bond donors (Lipinski definition) is 1. The Hall–Kier alpha value is -2.09. The van der Waals surface area contributed by atoms with Crippen LogP contribution in [-0.2, 0) is 11.0 Å². The zero-order valence-electron chi connectivity index (χ0n) is 12.4. The maximum atomic E-state index is 12.6. The molecule has 1 heterocycles. The number of alkyl halides is 3. The van der Waals surface area contributed by atoms with Crippen LogP contribution in [0, 0.1) is 13.8 Å². The maximum absolute atomic E-state index is 12.6. The summed E-state index contributed by atoms with van der Waals surface area (Å²) >= 11 is 0.854. The molecule has 0 saturated heterocycles. The molecule has 0 bridgehead atoms. The molecule has 0 spiro atoms. The smallest absolute Gasteiger partial charge is 0.325 e. The normalized spacial score (nSPS) is 11.3. The molecular weight excluding hydrogens is 327 g/mol. The minimum Gasteiger partial charge on any atom is -0.325 e. The summed E-state index contributed by atoms with van der Waals surface area (Å²) in [5.41, 5.74) is 1.64. The minimum absolute atomic E-state index is 0.0747. The lowest BCUT2D eigenvalue weighted by Gasteiger charge is -2.10. The van der Waals surface area contributed by atoms with Gasteiger partial charge in [0.2, 0.25) is 5.91 Å². The molecule has 0 unspecified atom stereocenters. The molecule has 0 saturated carbocycles. The fraction of sp³-hybridized carbons (Fsp3) is 0.267. The molecule has 8 heteroatoms. The number of amides is 1. The second-order valence-electron chi connectivity index (χ2n) is 4.81. The van der Waals surface area contributed by atoms with E-state index in [1.165, 1.54) is 0 Å². The lowest BCUT2D eigenvalue weighted by atomic mass is 10.1. The first-order valence-corrected chi connectivity index (χ1v) is 7.65. The van der Waals surface area contributed by atoms with Crippen molar-refractivity contribution in [2.75, 3.05) is 11.1 Å². The van der Waals surface area contributed by atoms with Gasteiger partial charge in [0.15, 0.2) is 5.16 Å². The molecule has 0 fully saturated rings. The predicted molar refractivity (Wildman–Crippen MR) is 82.3 cm³/mol. The fourth-order valence-electron chi connectivity index (χ4n) is 1.77. The second-order valence-corrected chi connectivity index (χ2v) is 5.75. The number of nitrogens with one attached hydrogen (secondary N) is 1. The van der Waals surface area contributed by atoms with Gasteiger partial charge in [-0.3, -0.25) is 4.79 Å². The number of nitrogens with zero attached hydrogens (tertiary/aromatic N) is 2. The number of halogens is 3. The zero-order chi connectivity index (χ0) is 17.0. The molecule has 2 aromatic rings. The van der Waals surface area contributed by atoms with Crippen molar-refractivity contribution in [3.63, 3.8) is 0 Å². The summed E-state index contributed by atoms with van der Waals surface area (Å²) in [6, 6.07) is 6.31. The van der Waals surface area contributed by atoms with Crippen molar-refractivity contribution < 1.29 is 18.0 Å². The first kappa shape index (κ1) is 17.3. The zero-order valence-corrected chi connectivity index (χ0v) is 13.3. The van der Waals surface area contributed by atoms with Crippen LogP contribution in [0.1, 0.15) is 16.8 Å². The van der Waals surface area contributed by atoms with E-state index in [0.29, 0.717) is 5.69 Å². The van der Waals surface area contributed by atoms with Gasteiger partial charge in [0.25, 0.3) is 0 Å². The molecule has 0 radical (unpaired) electrons. The summed E-state index contributed by atoms with van der Waals surface area (Å²) in [6.07, 6.45) is -3.50. The Balaban J connectivity index is 1.98. The average Bonchev–Trinajstić information content (AvgIpc) is 2.49. The molecule has 1 aromatic heterocycles. The molecule has 122 valence electrons. The van der Waals surface area contributed by atoms with Gasteiger partial charge in [0, 0.05) is 11.9 Å². The number of aryl methyl sites for hydroxylation is 1. The van der Waals surface area contributed by atoms with Crippen LogP contribution >= 0.6 is 11.8 Å². The maximum Gasteiger partial charge on any atom is 0.433 e. The fourth-order valence-corrected chi connectivity index (χ4v) is 2.40. The average molecular weight is 341 g/mol. The van der Waals surface area contributed by atoms with Crippen LogP contribution < -0.4 is 5.32 Å². The van der Waals surface area contributed by atoms with Gasteiger partial charge in [-0.2, -0.15) is 13.2 Å². The van der Waals surface area contributed by atoms with Crippen molar-refractivity contribution in [1.82, 2.24) is 9.97 Å². The summed E-state index contributed by atoms with van der Waals surface area (Å²) in [5.74, 6) is -0.404. The Morgan fingerprint density at radius 1 is 1.26 bits per heavy atom. The largest absolute Gasteiger partial charge is 0.433 e. The molecule has 0 aliphatic heterocycles. The Labute approximate surface area is 135 Å². The molecule has 23 heavy (non-hydrogen) atoms. The van der Waals surface area contributed by atoms with E-state index in [9.17, 15) is 18.0 Å². The van der Waals surface area contributed by atoms with E-state index >= 15 is 0 Å². The highest BCUT2D eigenvalue weighted by molar-refractivity contribution is 7.99. The lowest BCUT2D eigenvalue weighted by Crippen LogP contribution is -2.15. The first-order chi connectivity index (χ1) is 10.8. The number of hydrogen-bond acceptors (Lipinski definition) is 4.